The molecule has 1 aliphatic rings. The van der Waals surface area contributed by atoms with Crippen molar-refractivity contribution in [1.82, 2.24) is 24.1 Å². The summed E-state index contributed by atoms with van der Waals surface area (Å²) < 4.78 is 13.7. The van der Waals surface area contributed by atoms with Crippen LogP contribution in [0.3, 0.4) is 0 Å². The Kier molecular flexibility index (Phi) is 7.03. The maximum Gasteiger partial charge on any atom is 0.352 e. The molecule has 0 bridgehead atoms. The molecule has 3 aromatic heterocycles. The first-order valence-corrected chi connectivity index (χ1v) is 11.1. The lowest BCUT2D eigenvalue weighted by atomic mass is 9.93. The summed E-state index contributed by atoms with van der Waals surface area (Å²) in [7, 11) is 1.64. The Morgan fingerprint density at radius 3 is 2.64 bits per heavy atom. The summed E-state index contributed by atoms with van der Waals surface area (Å²) in [5.74, 6) is 1.54. The van der Waals surface area contributed by atoms with Crippen molar-refractivity contribution < 1.29 is 9.47 Å². The van der Waals surface area contributed by atoms with Crippen molar-refractivity contribution in [3.05, 3.63) is 64.5 Å². The third-order valence-electron chi connectivity index (χ3n) is 6.30. The summed E-state index contributed by atoms with van der Waals surface area (Å²) in [6.45, 7) is 2.17. The van der Waals surface area contributed by atoms with E-state index in [9.17, 15) is 4.79 Å². The Labute approximate surface area is 193 Å². The van der Waals surface area contributed by atoms with E-state index in [1.165, 1.54) is 17.3 Å². The van der Waals surface area contributed by atoms with Gasteiger partial charge in [-0.15, -0.1) is 0 Å². The van der Waals surface area contributed by atoms with Gasteiger partial charge in [0.05, 0.1) is 19.0 Å². The van der Waals surface area contributed by atoms with Crippen molar-refractivity contribution in [2.24, 2.45) is 5.92 Å². The molecule has 33 heavy (non-hydrogen) atoms. The van der Waals surface area contributed by atoms with Crippen LogP contribution in [0.25, 0.3) is 16.7 Å². The van der Waals surface area contributed by atoms with E-state index in [2.05, 4.69) is 16.1 Å². The molecule has 0 atom stereocenters. The lowest BCUT2D eigenvalue weighted by molar-refractivity contribution is 0.0633. The van der Waals surface area contributed by atoms with E-state index >= 15 is 0 Å². The second-order valence-corrected chi connectivity index (χ2v) is 8.37. The fraction of sp³-hybridized carbons (Fsp3) is 0.440. The van der Waals surface area contributed by atoms with E-state index in [0.717, 1.165) is 67.1 Å². The van der Waals surface area contributed by atoms with E-state index in [1.54, 1.807) is 11.7 Å². The van der Waals surface area contributed by atoms with Gasteiger partial charge in [0, 0.05) is 19.4 Å². The molecule has 1 aromatic carbocycles. The molecule has 0 radical (unpaired) electrons. The second kappa shape index (κ2) is 10.1. The smallest absolute Gasteiger partial charge is 0.352 e. The topological polar surface area (TPSA) is 83.5 Å². The number of rotatable bonds is 7. The largest absolute Gasteiger partial charge is 0.497 e. The van der Waals surface area contributed by atoms with E-state index < -0.39 is 0 Å². The van der Waals surface area contributed by atoms with Crippen LogP contribution in [0, 0.1) is 5.92 Å². The molecule has 0 N–H and O–H groups in total. The molecule has 1 aliphatic heterocycles. The first-order valence-electron chi connectivity index (χ1n) is 11.1. The highest BCUT2D eigenvalue weighted by molar-refractivity contribution is 5.89. The van der Waals surface area contributed by atoms with Crippen molar-refractivity contribution in [1.29, 1.82) is 0 Å². The SMILES string of the molecule is C.COc1ccc(Cn2c(=O)n3ncnc3c3cc(CCCC4CCOCC4)cnc32)cc1. The van der Waals surface area contributed by atoms with Gasteiger partial charge in [-0.2, -0.15) is 9.61 Å². The minimum absolute atomic E-state index is 0. The number of pyridine rings is 1. The number of methoxy groups -OCH3 is 1. The maximum atomic E-state index is 13.1. The molecule has 174 valence electrons. The highest BCUT2D eigenvalue weighted by Crippen LogP contribution is 2.23. The monoisotopic (exact) mass is 449 g/mol. The summed E-state index contributed by atoms with van der Waals surface area (Å²) >= 11 is 0. The molecule has 0 amide bonds. The number of ether oxygens (including phenoxy) is 2. The number of nitrogens with zero attached hydrogens (tertiary/aromatic N) is 5. The van der Waals surface area contributed by atoms with E-state index in [-0.39, 0.29) is 13.1 Å². The molecule has 4 aromatic rings. The third-order valence-corrected chi connectivity index (χ3v) is 6.30. The zero-order chi connectivity index (χ0) is 21.9. The standard InChI is InChI=1S/C24H27N5O3.CH4/c1-31-20-7-5-18(6-8-20)15-28-22-21(23-26-16-27-29(23)24(28)30)13-19(14-25-22)4-2-3-17-9-11-32-12-10-17;/h5-8,13-14,16-17H,2-4,9-12,15H2,1H3;1H4. The van der Waals surface area contributed by atoms with Gasteiger partial charge in [-0.1, -0.05) is 19.6 Å². The van der Waals surface area contributed by atoms with Crippen LogP contribution in [0.1, 0.15) is 44.2 Å². The van der Waals surface area contributed by atoms with Crippen LogP contribution in [-0.2, 0) is 17.7 Å². The molecular weight excluding hydrogens is 418 g/mol. The minimum Gasteiger partial charge on any atom is -0.497 e. The average Bonchev–Trinajstić information content (AvgIpc) is 3.33. The van der Waals surface area contributed by atoms with Crippen LogP contribution < -0.4 is 10.4 Å². The van der Waals surface area contributed by atoms with E-state index in [1.807, 2.05) is 30.5 Å². The second-order valence-electron chi connectivity index (χ2n) is 8.37. The van der Waals surface area contributed by atoms with Crippen LogP contribution in [0.2, 0.25) is 0 Å². The van der Waals surface area contributed by atoms with Gasteiger partial charge in [-0.05, 0) is 67.3 Å². The van der Waals surface area contributed by atoms with Gasteiger partial charge in [0.2, 0.25) is 0 Å². The summed E-state index contributed by atoms with van der Waals surface area (Å²) in [5.41, 5.74) is 3.06. The lowest BCUT2D eigenvalue weighted by Gasteiger charge is -2.21. The number of aryl methyl sites for hydroxylation is 1. The molecular formula is C25H31N5O3. The minimum atomic E-state index is -0.249. The summed E-state index contributed by atoms with van der Waals surface area (Å²) in [6, 6.07) is 9.79. The molecule has 4 heterocycles. The zero-order valence-corrected chi connectivity index (χ0v) is 18.2. The highest BCUT2D eigenvalue weighted by Gasteiger charge is 2.16. The number of hydrogen-bond acceptors (Lipinski definition) is 6. The number of aromatic nitrogens is 5. The van der Waals surface area contributed by atoms with Crippen molar-refractivity contribution in [2.75, 3.05) is 20.3 Å². The third kappa shape index (κ3) is 4.75. The molecule has 5 rings (SSSR count). The Morgan fingerprint density at radius 2 is 1.88 bits per heavy atom. The van der Waals surface area contributed by atoms with Crippen LogP contribution in [0.4, 0.5) is 0 Å². The Morgan fingerprint density at radius 1 is 1.09 bits per heavy atom. The van der Waals surface area contributed by atoms with Gasteiger partial charge < -0.3 is 9.47 Å². The fourth-order valence-electron chi connectivity index (χ4n) is 4.47. The fourth-order valence-corrected chi connectivity index (χ4v) is 4.47. The van der Waals surface area contributed by atoms with E-state index in [0.29, 0.717) is 17.8 Å². The van der Waals surface area contributed by atoms with E-state index in [4.69, 9.17) is 14.5 Å². The normalized spacial score (nSPS) is 14.5. The molecule has 1 saturated heterocycles. The highest BCUT2D eigenvalue weighted by atomic mass is 16.5. The molecule has 0 unspecified atom stereocenters. The summed E-state index contributed by atoms with van der Waals surface area (Å²) in [4.78, 5) is 22.2. The predicted octanol–water partition coefficient (Wildman–Crippen LogP) is 3.88. The van der Waals surface area contributed by atoms with Crippen molar-refractivity contribution in [3.8, 4) is 5.75 Å². The molecule has 0 spiro atoms. The first-order chi connectivity index (χ1) is 15.7. The zero-order valence-electron chi connectivity index (χ0n) is 18.2. The number of fused-ring (bicyclic) bond motifs is 3. The Hall–Kier alpha value is -3.26. The predicted molar refractivity (Wildman–Crippen MR) is 128 cm³/mol. The molecule has 0 saturated carbocycles. The molecule has 1 fully saturated rings. The summed E-state index contributed by atoms with van der Waals surface area (Å²) in [5, 5.41) is 5.01. The maximum absolute atomic E-state index is 13.1. The van der Waals surface area contributed by atoms with Gasteiger partial charge in [-0.3, -0.25) is 4.57 Å². The van der Waals surface area contributed by atoms with Crippen LogP contribution >= 0.6 is 0 Å². The molecule has 8 nitrogen and oxygen atoms in total. The Bertz CT molecular complexity index is 1270. The van der Waals surface area contributed by atoms with Crippen molar-refractivity contribution >= 4 is 16.7 Å². The lowest BCUT2D eigenvalue weighted by Crippen LogP contribution is -2.29. The molecule has 0 aliphatic carbocycles. The van der Waals surface area contributed by atoms with Gasteiger partial charge in [0.1, 0.15) is 17.7 Å². The van der Waals surface area contributed by atoms with Crippen LogP contribution in [0.5, 0.6) is 5.75 Å². The summed E-state index contributed by atoms with van der Waals surface area (Å²) in [6.07, 6.45) is 8.92. The average molecular weight is 450 g/mol. The van der Waals surface area contributed by atoms with Crippen LogP contribution in [-0.4, -0.2) is 44.5 Å². The van der Waals surface area contributed by atoms with Gasteiger partial charge in [0.15, 0.2) is 5.65 Å². The first kappa shape index (κ1) is 22.9. The van der Waals surface area contributed by atoms with Crippen LogP contribution in [0.15, 0.2) is 47.7 Å². The van der Waals surface area contributed by atoms with Gasteiger partial charge in [0.25, 0.3) is 0 Å². The van der Waals surface area contributed by atoms with Crippen molar-refractivity contribution in [2.45, 2.75) is 46.1 Å². The van der Waals surface area contributed by atoms with Gasteiger partial charge >= 0.3 is 5.69 Å². The number of hydrogen-bond donors (Lipinski definition) is 0. The molecule has 8 heteroatoms. The Balaban J connectivity index is 0.00000259. The van der Waals surface area contributed by atoms with Gasteiger partial charge in [-0.25, -0.2) is 14.8 Å². The quantitative estimate of drug-likeness (QED) is 0.426. The number of benzene rings is 1. The van der Waals surface area contributed by atoms with Crippen molar-refractivity contribution in [3.63, 3.8) is 0 Å².